The van der Waals surface area contributed by atoms with E-state index in [0.29, 0.717) is 19.0 Å². The van der Waals surface area contributed by atoms with Crippen molar-refractivity contribution in [1.29, 1.82) is 0 Å². The van der Waals surface area contributed by atoms with E-state index in [-0.39, 0.29) is 5.54 Å². The van der Waals surface area contributed by atoms with Crippen molar-refractivity contribution in [2.45, 2.75) is 24.6 Å². The molecule has 0 spiro atoms. The molecule has 104 valence electrons. The minimum Gasteiger partial charge on any atom is -0.475 e. The second-order valence-electron chi connectivity index (χ2n) is 4.43. The van der Waals surface area contributed by atoms with E-state index >= 15 is 0 Å². The fourth-order valence-electron chi connectivity index (χ4n) is 1.89. The van der Waals surface area contributed by atoms with Crippen LogP contribution in [0.4, 0.5) is 18.0 Å². The molecule has 9 heteroatoms. The van der Waals surface area contributed by atoms with E-state index in [9.17, 15) is 18.0 Å². The van der Waals surface area contributed by atoms with Crippen molar-refractivity contribution in [2.24, 2.45) is 11.7 Å². The first kappa shape index (κ1) is 14.6. The highest BCUT2D eigenvalue weighted by atomic mass is 19.4. The summed E-state index contributed by atoms with van der Waals surface area (Å²) < 4.78 is 31.7. The smallest absolute Gasteiger partial charge is 0.475 e. The molecule has 4 N–H and O–H groups in total. The van der Waals surface area contributed by atoms with Crippen molar-refractivity contribution >= 4 is 12.1 Å². The zero-order valence-electron chi connectivity index (χ0n) is 9.28. The van der Waals surface area contributed by atoms with Crippen molar-refractivity contribution < 1.29 is 33.0 Å². The predicted molar refractivity (Wildman–Crippen MR) is 52.9 cm³/mol. The Hall–Kier alpha value is -1.51. The molecule has 1 heterocycles. The van der Waals surface area contributed by atoms with E-state index in [0.717, 1.165) is 12.8 Å². The largest absolute Gasteiger partial charge is 0.490 e. The van der Waals surface area contributed by atoms with Crippen molar-refractivity contribution in [1.82, 2.24) is 4.90 Å². The second kappa shape index (κ2) is 4.63. The van der Waals surface area contributed by atoms with Crippen molar-refractivity contribution in [3.8, 4) is 0 Å². The maximum Gasteiger partial charge on any atom is 0.490 e. The van der Waals surface area contributed by atoms with Gasteiger partial charge in [0.15, 0.2) is 0 Å². The van der Waals surface area contributed by atoms with Gasteiger partial charge in [-0.15, -0.1) is 0 Å². The Morgan fingerprint density at radius 3 is 2.17 bits per heavy atom. The molecular weight excluding hydrogens is 257 g/mol. The lowest BCUT2D eigenvalue weighted by Gasteiger charge is -2.27. The average Bonchev–Trinajstić information content (AvgIpc) is 2.87. The molecule has 0 aromatic carbocycles. The normalized spacial score (nSPS) is 29.8. The second-order valence-corrected chi connectivity index (χ2v) is 4.43. The highest BCUT2D eigenvalue weighted by Gasteiger charge is 2.54. The van der Waals surface area contributed by atoms with Gasteiger partial charge < -0.3 is 20.8 Å². The number of fused-ring (bicyclic) bond motifs is 1. The third-order valence-electron chi connectivity index (χ3n) is 3.03. The fraction of sp³-hybridized carbons (Fsp3) is 0.778. The lowest BCUT2D eigenvalue weighted by Crippen LogP contribution is -2.47. The number of hydrogen-bond acceptors (Lipinski definition) is 3. The first-order chi connectivity index (χ1) is 8.06. The number of hydrogen-bond donors (Lipinski definition) is 3. The number of carboxylic acid groups (broad SMARTS) is 2. The van der Waals surface area contributed by atoms with Crippen LogP contribution in [0, 0.1) is 5.92 Å². The minimum atomic E-state index is -5.08. The molecule has 0 aromatic rings. The third kappa shape index (κ3) is 3.49. The summed E-state index contributed by atoms with van der Waals surface area (Å²) in [7, 11) is 0. The maximum absolute atomic E-state index is 10.6. The van der Waals surface area contributed by atoms with Crippen LogP contribution in [0.15, 0.2) is 0 Å². The van der Waals surface area contributed by atoms with Crippen LogP contribution < -0.4 is 5.73 Å². The van der Waals surface area contributed by atoms with Crippen LogP contribution in [-0.2, 0) is 4.79 Å². The number of halogens is 3. The van der Waals surface area contributed by atoms with Crippen molar-refractivity contribution in [2.75, 3.05) is 13.1 Å². The molecule has 1 aliphatic carbocycles. The number of likely N-dealkylation sites (tertiary alicyclic amines) is 1. The number of piperidine rings is 1. The van der Waals surface area contributed by atoms with Gasteiger partial charge in [0.1, 0.15) is 0 Å². The third-order valence-corrected chi connectivity index (χ3v) is 3.03. The molecule has 2 unspecified atom stereocenters. The number of carboxylic acids is 1. The van der Waals surface area contributed by atoms with Crippen LogP contribution in [0.3, 0.4) is 0 Å². The summed E-state index contributed by atoms with van der Waals surface area (Å²) in [5, 5.41) is 15.8. The first-order valence-corrected chi connectivity index (χ1v) is 5.13. The molecule has 2 aliphatic rings. The van der Waals surface area contributed by atoms with Crippen molar-refractivity contribution in [3.63, 3.8) is 0 Å². The summed E-state index contributed by atoms with van der Waals surface area (Å²) in [6.07, 6.45) is -3.96. The van der Waals surface area contributed by atoms with Crippen LogP contribution in [-0.4, -0.2) is 52.0 Å². The zero-order valence-corrected chi connectivity index (χ0v) is 9.28. The van der Waals surface area contributed by atoms with E-state index in [1.807, 2.05) is 0 Å². The van der Waals surface area contributed by atoms with E-state index in [1.165, 1.54) is 4.90 Å². The topological polar surface area (TPSA) is 104 Å². The standard InChI is InChI=1S/C7H12N2O2.C2HF3O2/c8-7-3-5(7)1-2-9(4-7)6(10)11;3-2(4,5)1(6)7/h5H,1-4,8H2,(H,10,11);(H,6,7). The van der Waals surface area contributed by atoms with Gasteiger partial charge >= 0.3 is 18.2 Å². The molecule has 1 saturated heterocycles. The maximum atomic E-state index is 10.6. The van der Waals surface area contributed by atoms with Crippen LogP contribution in [0.5, 0.6) is 0 Å². The van der Waals surface area contributed by atoms with E-state index < -0.39 is 18.2 Å². The van der Waals surface area contributed by atoms with Gasteiger partial charge in [0.25, 0.3) is 0 Å². The molecule has 1 amide bonds. The number of rotatable bonds is 0. The Labute approximate surface area is 100 Å². The van der Waals surface area contributed by atoms with Gasteiger partial charge in [0, 0.05) is 18.6 Å². The number of nitrogens with two attached hydrogens (primary N) is 1. The molecule has 1 aliphatic heterocycles. The monoisotopic (exact) mass is 270 g/mol. The molecule has 18 heavy (non-hydrogen) atoms. The number of carbonyl (C=O) groups is 2. The number of alkyl halides is 3. The van der Waals surface area contributed by atoms with Gasteiger partial charge in [-0.2, -0.15) is 13.2 Å². The Morgan fingerprint density at radius 2 is 1.83 bits per heavy atom. The Morgan fingerprint density at radius 1 is 1.33 bits per heavy atom. The van der Waals surface area contributed by atoms with Crippen molar-refractivity contribution in [3.05, 3.63) is 0 Å². The lowest BCUT2D eigenvalue weighted by molar-refractivity contribution is -0.192. The number of aliphatic carboxylic acids is 1. The van der Waals surface area contributed by atoms with E-state index in [2.05, 4.69) is 0 Å². The van der Waals surface area contributed by atoms with Crippen LogP contribution in [0.2, 0.25) is 0 Å². The summed E-state index contributed by atoms with van der Waals surface area (Å²) >= 11 is 0. The van der Waals surface area contributed by atoms with Gasteiger partial charge in [-0.25, -0.2) is 9.59 Å². The molecular formula is C9H13F3N2O4. The fourth-order valence-corrected chi connectivity index (χ4v) is 1.89. The summed E-state index contributed by atoms with van der Waals surface area (Å²) in [5.74, 6) is -2.16. The number of nitrogens with zero attached hydrogens (tertiary/aromatic N) is 1. The molecule has 2 atom stereocenters. The highest BCUT2D eigenvalue weighted by Crippen LogP contribution is 2.46. The molecule has 0 bridgehead atoms. The molecule has 0 aromatic heterocycles. The van der Waals surface area contributed by atoms with E-state index in [1.54, 1.807) is 0 Å². The molecule has 1 saturated carbocycles. The quantitative estimate of drug-likeness (QED) is 0.601. The predicted octanol–water partition coefficient (Wildman–Crippen LogP) is 0.721. The Bertz CT molecular complexity index is 360. The highest BCUT2D eigenvalue weighted by molar-refractivity contribution is 5.73. The van der Waals surface area contributed by atoms with Gasteiger partial charge in [-0.05, 0) is 18.8 Å². The van der Waals surface area contributed by atoms with E-state index in [4.69, 9.17) is 20.7 Å². The molecule has 0 radical (unpaired) electrons. The van der Waals surface area contributed by atoms with Crippen LogP contribution >= 0.6 is 0 Å². The minimum absolute atomic E-state index is 0.156. The summed E-state index contributed by atoms with van der Waals surface area (Å²) in [4.78, 5) is 20.8. The van der Waals surface area contributed by atoms with Crippen LogP contribution in [0.1, 0.15) is 12.8 Å². The van der Waals surface area contributed by atoms with Crippen LogP contribution in [0.25, 0.3) is 0 Å². The Balaban J connectivity index is 0.000000203. The van der Waals surface area contributed by atoms with Gasteiger partial charge in [0.2, 0.25) is 0 Å². The summed E-state index contributed by atoms with van der Waals surface area (Å²) in [6, 6.07) is 0. The number of amides is 1. The summed E-state index contributed by atoms with van der Waals surface area (Å²) in [6.45, 7) is 1.20. The average molecular weight is 270 g/mol. The Kier molecular flexibility index (Phi) is 3.75. The van der Waals surface area contributed by atoms with Gasteiger partial charge in [0.05, 0.1) is 0 Å². The SMILES string of the molecule is NC12CC1CCN(C(=O)O)C2.O=C(O)C(F)(F)F. The van der Waals surface area contributed by atoms with Gasteiger partial charge in [-0.3, -0.25) is 0 Å². The molecule has 6 nitrogen and oxygen atoms in total. The molecule has 2 rings (SSSR count). The first-order valence-electron chi connectivity index (χ1n) is 5.13. The van der Waals surface area contributed by atoms with Gasteiger partial charge in [-0.1, -0.05) is 0 Å². The lowest BCUT2D eigenvalue weighted by atomic mass is 10.1. The summed E-state index contributed by atoms with van der Waals surface area (Å²) in [5.41, 5.74) is 5.72. The zero-order chi connectivity index (χ0) is 14.1. The molecule has 2 fully saturated rings.